The summed E-state index contributed by atoms with van der Waals surface area (Å²) < 4.78 is 15.8. The summed E-state index contributed by atoms with van der Waals surface area (Å²) in [6.07, 6.45) is 0. The van der Waals surface area contributed by atoms with E-state index in [9.17, 15) is 14.1 Å². The minimum atomic E-state index is -1.86. The zero-order chi connectivity index (χ0) is 13.3. The Hall–Kier alpha value is -0.760. The molecule has 1 aliphatic heterocycles. The number of rotatable bonds is 4. The molecular formula is C9H13ClN2O4S. The summed E-state index contributed by atoms with van der Waals surface area (Å²) in [5.74, 6) is -1.16. The standard InChI is InChI=1S/C9H13ClN2O4S/c1-4(2)6(9(14)16-3)12-7(13)5(11)8(12)17(10)15/h5-6,8H,1,11H2,2-3H3. The molecule has 0 spiro atoms. The number of halogens is 1. The van der Waals surface area contributed by atoms with Crippen molar-refractivity contribution in [2.75, 3.05) is 7.11 Å². The molecule has 1 fully saturated rings. The molecule has 2 N–H and O–H groups in total. The molecule has 1 amide bonds. The van der Waals surface area contributed by atoms with Gasteiger partial charge in [0.25, 0.3) is 5.91 Å². The Morgan fingerprint density at radius 1 is 1.76 bits per heavy atom. The van der Waals surface area contributed by atoms with Crippen molar-refractivity contribution in [3.05, 3.63) is 12.2 Å². The monoisotopic (exact) mass is 280 g/mol. The first-order valence-corrected chi connectivity index (χ1v) is 6.74. The number of β-lactam (4-membered cyclic amide) rings is 1. The van der Waals surface area contributed by atoms with Crippen LogP contribution >= 0.6 is 10.7 Å². The lowest BCUT2D eigenvalue weighted by Crippen LogP contribution is -2.74. The second-order valence-electron chi connectivity index (χ2n) is 3.68. The fourth-order valence-corrected chi connectivity index (χ4v) is 2.99. The molecule has 0 aromatic carbocycles. The third kappa shape index (κ3) is 2.42. The highest BCUT2D eigenvalue weighted by Gasteiger charge is 2.57. The first-order chi connectivity index (χ1) is 7.82. The lowest BCUT2D eigenvalue weighted by Gasteiger charge is -2.45. The second kappa shape index (κ2) is 5.26. The normalized spacial score (nSPS) is 27.1. The number of carbonyl (C=O) groups excluding carboxylic acids is 2. The van der Waals surface area contributed by atoms with E-state index in [0.29, 0.717) is 5.57 Å². The van der Waals surface area contributed by atoms with Crippen molar-refractivity contribution in [2.45, 2.75) is 24.4 Å². The Bertz CT molecular complexity index is 363. The maximum absolute atomic E-state index is 11.6. The van der Waals surface area contributed by atoms with Gasteiger partial charge in [-0.3, -0.25) is 9.69 Å². The number of esters is 1. The van der Waals surface area contributed by atoms with Crippen LogP contribution in [0.2, 0.25) is 0 Å². The van der Waals surface area contributed by atoms with Gasteiger partial charge in [-0.25, -0.2) is 4.79 Å². The molecule has 1 aliphatic rings. The molecule has 1 heterocycles. The Kier molecular flexibility index (Phi) is 4.42. The Morgan fingerprint density at radius 3 is 2.65 bits per heavy atom. The Balaban J connectivity index is 2.99. The summed E-state index contributed by atoms with van der Waals surface area (Å²) in [5.41, 5.74) is 5.88. The van der Waals surface area contributed by atoms with E-state index in [1.165, 1.54) is 7.11 Å². The van der Waals surface area contributed by atoms with E-state index in [1.54, 1.807) is 6.92 Å². The highest BCUT2D eigenvalue weighted by molar-refractivity contribution is 8.14. The van der Waals surface area contributed by atoms with Crippen LogP contribution in [0, 0.1) is 0 Å². The minimum Gasteiger partial charge on any atom is -0.597 e. The summed E-state index contributed by atoms with van der Waals surface area (Å²) in [6, 6.07) is -1.96. The summed E-state index contributed by atoms with van der Waals surface area (Å²) in [5, 5.41) is -0.898. The fraction of sp³-hybridized carbons (Fsp3) is 0.556. The molecule has 96 valence electrons. The van der Waals surface area contributed by atoms with Gasteiger partial charge in [0.1, 0.15) is 0 Å². The van der Waals surface area contributed by atoms with Gasteiger partial charge in [0, 0.05) is 0 Å². The maximum atomic E-state index is 11.6. The SMILES string of the molecule is C=C(C)C(C(=O)OC)N1C(=O)C(N)C1[S+]([O-])Cl. The number of ether oxygens (including phenoxy) is 1. The van der Waals surface area contributed by atoms with Crippen LogP contribution in [0.5, 0.6) is 0 Å². The van der Waals surface area contributed by atoms with Gasteiger partial charge in [-0.15, -0.1) is 0 Å². The molecular weight excluding hydrogens is 268 g/mol. The van der Waals surface area contributed by atoms with Gasteiger partial charge in [0.2, 0.25) is 5.37 Å². The minimum absolute atomic E-state index is 0.393. The van der Waals surface area contributed by atoms with Crippen LogP contribution in [0.3, 0.4) is 0 Å². The van der Waals surface area contributed by atoms with E-state index in [0.717, 1.165) is 4.90 Å². The number of methoxy groups -OCH3 is 1. The van der Waals surface area contributed by atoms with Crippen LogP contribution in [-0.4, -0.2) is 45.9 Å². The highest BCUT2D eigenvalue weighted by atomic mass is 35.7. The van der Waals surface area contributed by atoms with Gasteiger partial charge < -0.3 is 15.0 Å². The van der Waals surface area contributed by atoms with Crippen molar-refractivity contribution < 1.29 is 18.9 Å². The van der Waals surface area contributed by atoms with Gasteiger partial charge in [0.05, 0.1) is 17.5 Å². The molecule has 0 aromatic rings. The third-order valence-electron chi connectivity index (χ3n) is 2.48. The van der Waals surface area contributed by atoms with Crippen LogP contribution in [0.25, 0.3) is 0 Å². The van der Waals surface area contributed by atoms with Crippen molar-refractivity contribution in [1.29, 1.82) is 0 Å². The summed E-state index contributed by atoms with van der Waals surface area (Å²) >= 11 is 0. The number of hydrogen-bond donors (Lipinski definition) is 1. The lowest BCUT2D eigenvalue weighted by atomic mass is 10.0. The fourth-order valence-electron chi connectivity index (χ4n) is 1.65. The van der Waals surface area contributed by atoms with Crippen LogP contribution in [0.4, 0.5) is 0 Å². The summed E-state index contributed by atoms with van der Waals surface area (Å²) in [6.45, 7) is 5.17. The maximum Gasteiger partial charge on any atom is 0.333 e. The topological polar surface area (TPSA) is 95.7 Å². The number of hydrogen-bond acceptors (Lipinski definition) is 5. The smallest absolute Gasteiger partial charge is 0.333 e. The molecule has 0 aliphatic carbocycles. The van der Waals surface area contributed by atoms with E-state index in [2.05, 4.69) is 11.3 Å². The summed E-state index contributed by atoms with van der Waals surface area (Å²) in [7, 11) is 4.78. The van der Waals surface area contributed by atoms with E-state index >= 15 is 0 Å². The number of likely N-dealkylation sites (tertiary alicyclic amines) is 1. The van der Waals surface area contributed by atoms with Crippen molar-refractivity contribution in [3.63, 3.8) is 0 Å². The Labute approximate surface area is 106 Å². The van der Waals surface area contributed by atoms with Crippen LogP contribution < -0.4 is 5.73 Å². The molecule has 0 radical (unpaired) electrons. The third-order valence-corrected chi connectivity index (χ3v) is 3.93. The number of nitrogens with zero attached hydrogens (tertiary/aromatic N) is 1. The predicted octanol–water partition coefficient (Wildman–Crippen LogP) is -0.498. The molecule has 4 unspecified atom stereocenters. The molecule has 17 heavy (non-hydrogen) atoms. The average Bonchev–Trinajstić information content (AvgIpc) is 2.26. The molecule has 1 saturated heterocycles. The second-order valence-corrected chi connectivity index (χ2v) is 5.57. The number of amides is 1. The van der Waals surface area contributed by atoms with Gasteiger partial charge in [0.15, 0.2) is 22.8 Å². The molecule has 4 atom stereocenters. The van der Waals surface area contributed by atoms with Crippen LogP contribution in [0.15, 0.2) is 12.2 Å². The van der Waals surface area contributed by atoms with Gasteiger partial charge in [-0.1, -0.05) is 6.58 Å². The first-order valence-electron chi connectivity index (χ1n) is 4.70. The van der Waals surface area contributed by atoms with Crippen LogP contribution in [0.1, 0.15) is 6.92 Å². The number of carbonyl (C=O) groups is 2. The molecule has 0 saturated carbocycles. The molecule has 6 nitrogen and oxygen atoms in total. The van der Waals surface area contributed by atoms with Crippen molar-refractivity contribution in [2.24, 2.45) is 5.73 Å². The first kappa shape index (κ1) is 14.3. The highest BCUT2D eigenvalue weighted by Crippen LogP contribution is 2.31. The van der Waals surface area contributed by atoms with Crippen molar-refractivity contribution >= 4 is 32.9 Å². The van der Waals surface area contributed by atoms with Gasteiger partial charge in [-0.05, 0) is 12.5 Å². The summed E-state index contributed by atoms with van der Waals surface area (Å²) in [4.78, 5) is 24.2. The zero-order valence-corrected chi connectivity index (χ0v) is 11.0. The predicted molar refractivity (Wildman–Crippen MR) is 63.2 cm³/mol. The van der Waals surface area contributed by atoms with Crippen molar-refractivity contribution in [1.82, 2.24) is 4.90 Å². The number of nitrogens with two attached hydrogens (primary N) is 1. The molecule has 0 bridgehead atoms. The van der Waals surface area contributed by atoms with E-state index in [-0.39, 0.29) is 0 Å². The quantitative estimate of drug-likeness (QED) is 0.324. The molecule has 0 aromatic heterocycles. The van der Waals surface area contributed by atoms with Gasteiger partial charge in [-0.2, -0.15) is 0 Å². The lowest BCUT2D eigenvalue weighted by molar-refractivity contribution is -0.159. The molecule has 1 rings (SSSR count). The average molecular weight is 281 g/mol. The largest absolute Gasteiger partial charge is 0.597 e. The van der Waals surface area contributed by atoms with E-state index in [1.807, 2.05) is 0 Å². The van der Waals surface area contributed by atoms with Gasteiger partial charge >= 0.3 is 5.97 Å². The van der Waals surface area contributed by atoms with Crippen LogP contribution in [-0.2, 0) is 24.7 Å². The molecule has 8 heteroatoms. The zero-order valence-electron chi connectivity index (χ0n) is 9.38. The van der Waals surface area contributed by atoms with E-state index in [4.69, 9.17) is 16.4 Å². The van der Waals surface area contributed by atoms with Crippen molar-refractivity contribution in [3.8, 4) is 0 Å². The Morgan fingerprint density at radius 2 is 2.29 bits per heavy atom. The van der Waals surface area contributed by atoms with E-state index < -0.39 is 39.7 Å².